The molecule has 0 aliphatic carbocycles. The molecule has 0 aromatic carbocycles. The lowest BCUT2D eigenvalue weighted by Crippen LogP contribution is -2.30. The number of allylic oxidation sites excluding steroid dienone is 18. The van der Waals surface area contributed by atoms with Crippen molar-refractivity contribution in [1.29, 1.82) is 0 Å². The zero-order valence-electron chi connectivity index (χ0n) is 47.6. The van der Waals surface area contributed by atoms with Crippen molar-refractivity contribution in [1.82, 2.24) is 0 Å². The quantitative estimate of drug-likeness (QED) is 0.0261. The smallest absolute Gasteiger partial charge is 0.306 e. The molecule has 0 spiro atoms. The Balaban J connectivity index is 4.42. The van der Waals surface area contributed by atoms with Gasteiger partial charge in [0, 0.05) is 19.3 Å². The molecule has 0 bridgehead atoms. The van der Waals surface area contributed by atoms with Crippen LogP contribution in [0.1, 0.15) is 278 Å². The number of hydrogen-bond acceptors (Lipinski definition) is 6. The van der Waals surface area contributed by atoms with E-state index in [1.54, 1.807) is 0 Å². The number of hydrogen-bond donors (Lipinski definition) is 0. The number of carbonyl (C=O) groups is 3. The first kappa shape index (κ1) is 69.1. The molecule has 0 radical (unpaired) electrons. The van der Waals surface area contributed by atoms with Crippen LogP contribution >= 0.6 is 0 Å². The lowest BCUT2D eigenvalue weighted by molar-refractivity contribution is -0.166. The molecule has 0 heterocycles. The van der Waals surface area contributed by atoms with Gasteiger partial charge in [-0.15, -0.1) is 0 Å². The highest BCUT2D eigenvalue weighted by Crippen LogP contribution is 2.16. The highest BCUT2D eigenvalue weighted by atomic mass is 16.6. The van der Waals surface area contributed by atoms with E-state index in [0.29, 0.717) is 19.3 Å². The van der Waals surface area contributed by atoms with Crippen LogP contribution in [0, 0.1) is 0 Å². The topological polar surface area (TPSA) is 78.9 Å². The van der Waals surface area contributed by atoms with Crippen LogP contribution in [0.25, 0.3) is 0 Å². The summed E-state index contributed by atoms with van der Waals surface area (Å²) in [5.41, 5.74) is 0. The Morgan fingerprint density at radius 2 is 0.562 bits per heavy atom. The molecule has 0 aliphatic heterocycles. The zero-order valence-corrected chi connectivity index (χ0v) is 47.6. The van der Waals surface area contributed by atoms with Crippen molar-refractivity contribution in [3.05, 3.63) is 109 Å². The molecule has 0 aromatic rings. The van der Waals surface area contributed by atoms with Gasteiger partial charge in [-0.2, -0.15) is 0 Å². The van der Waals surface area contributed by atoms with Gasteiger partial charge in [0.2, 0.25) is 0 Å². The second kappa shape index (κ2) is 60.6. The average Bonchev–Trinajstić information content (AvgIpc) is 3.39. The number of unbranched alkanes of at least 4 members (excludes halogenated alkanes) is 25. The van der Waals surface area contributed by atoms with Crippen molar-refractivity contribution in [2.24, 2.45) is 0 Å². The Morgan fingerprint density at radius 3 is 0.918 bits per heavy atom. The lowest BCUT2D eigenvalue weighted by atomic mass is 10.0. The van der Waals surface area contributed by atoms with Crippen molar-refractivity contribution in [2.75, 3.05) is 13.2 Å². The van der Waals surface area contributed by atoms with Crippen LogP contribution in [0.5, 0.6) is 0 Å². The van der Waals surface area contributed by atoms with Crippen LogP contribution in [-0.2, 0) is 28.6 Å². The molecule has 1 unspecified atom stereocenters. The predicted molar refractivity (Wildman–Crippen MR) is 316 cm³/mol. The molecule has 6 heteroatoms. The molecule has 6 nitrogen and oxygen atoms in total. The maximum Gasteiger partial charge on any atom is 0.306 e. The molecule has 0 rings (SSSR count). The third-order valence-corrected chi connectivity index (χ3v) is 12.8. The van der Waals surface area contributed by atoms with Crippen molar-refractivity contribution in [2.45, 2.75) is 284 Å². The second-order valence-electron chi connectivity index (χ2n) is 19.9. The van der Waals surface area contributed by atoms with Crippen LogP contribution in [-0.4, -0.2) is 37.2 Å². The van der Waals surface area contributed by atoms with E-state index in [4.69, 9.17) is 14.2 Å². The number of ether oxygens (including phenoxy) is 3. The Bertz CT molecular complexity index is 1490. The molecule has 416 valence electrons. The van der Waals surface area contributed by atoms with Crippen LogP contribution in [0.3, 0.4) is 0 Å². The summed E-state index contributed by atoms with van der Waals surface area (Å²) in [7, 11) is 0. The lowest BCUT2D eigenvalue weighted by Gasteiger charge is -2.18. The van der Waals surface area contributed by atoms with E-state index in [0.717, 1.165) is 116 Å². The first-order chi connectivity index (χ1) is 36.0. The van der Waals surface area contributed by atoms with Gasteiger partial charge in [-0.1, -0.05) is 278 Å². The van der Waals surface area contributed by atoms with Crippen molar-refractivity contribution in [3.8, 4) is 0 Å². The Labute approximate surface area is 450 Å². The molecule has 0 fully saturated rings. The summed E-state index contributed by atoms with van der Waals surface area (Å²) in [5.74, 6) is -1.00. The average molecular weight is 1010 g/mol. The van der Waals surface area contributed by atoms with Crippen LogP contribution in [0.4, 0.5) is 0 Å². The third-order valence-electron chi connectivity index (χ3n) is 12.8. The number of carbonyl (C=O) groups excluding carboxylic acids is 3. The molecule has 0 amide bonds. The molecular weight excluding hydrogens is 901 g/mol. The van der Waals surface area contributed by atoms with E-state index in [-0.39, 0.29) is 37.5 Å². The molecule has 0 aromatic heterocycles. The normalized spacial score (nSPS) is 12.9. The van der Waals surface area contributed by atoms with Crippen molar-refractivity contribution >= 4 is 17.9 Å². The predicted octanol–water partition coefficient (Wildman–Crippen LogP) is 20.7. The fraction of sp³-hybridized carbons (Fsp3) is 0.687. The zero-order chi connectivity index (χ0) is 52.9. The van der Waals surface area contributed by atoms with Gasteiger partial charge >= 0.3 is 17.9 Å². The summed E-state index contributed by atoms with van der Waals surface area (Å²) in [6.07, 6.45) is 82.5. The van der Waals surface area contributed by atoms with E-state index >= 15 is 0 Å². The SMILES string of the molecule is CC/C=C\C/C=C\C/C=C\C/C=C\C/C=C\CCCCCCCC(=O)OCC(COC(=O)CC/C=C\C/C=C\C/C=C\C/C=C\CC)OC(=O)CCCCCCCCCCCCCCCCCCCCCCC. The van der Waals surface area contributed by atoms with Crippen molar-refractivity contribution in [3.63, 3.8) is 0 Å². The maximum atomic E-state index is 12.9. The Kier molecular flexibility index (Phi) is 57.4. The summed E-state index contributed by atoms with van der Waals surface area (Å²) in [5, 5.41) is 0. The van der Waals surface area contributed by atoms with Crippen LogP contribution in [0.2, 0.25) is 0 Å². The van der Waals surface area contributed by atoms with E-state index in [1.165, 1.54) is 116 Å². The molecule has 0 aliphatic rings. The second-order valence-corrected chi connectivity index (χ2v) is 19.9. The molecule has 0 saturated carbocycles. The van der Waals surface area contributed by atoms with Crippen LogP contribution in [0.15, 0.2) is 109 Å². The fourth-order valence-corrected chi connectivity index (χ4v) is 8.31. The summed E-state index contributed by atoms with van der Waals surface area (Å²) in [6.45, 7) is 6.35. The van der Waals surface area contributed by atoms with Gasteiger partial charge in [-0.3, -0.25) is 14.4 Å². The molecule has 1 atom stereocenters. The Morgan fingerprint density at radius 1 is 0.288 bits per heavy atom. The molecule has 0 N–H and O–H groups in total. The van der Waals surface area contributed by atoms with Gasteiger partial charge in [0.15, 0.2) is 6.10 Å². The highest BCUT2D eigenvalue weighted by Gasteiger charge is 2.19. The molecular formula is C67H112O6. The monoisotopic (exact) mass is 1010 g/mol. The summed E-state index contributed by atoms with van der Waals surface area (Å²) in [4.78, 5) is 38.2. The highest BCUT2D eigenvalue weighted by molar-refractivity contribution is 5.71. The van der Waals surface area contributed by atoms with Gasteiger partial charge < -0.3 is 14.2 Å². The molecule has 73 heavy (non-hydrogen) atoms. The van der Waals surface area contributed by atoms with E-state index in [9.17, 15) is 14.4 Å². The minimum Gasteiger partial charge on any atom is -0.462 e. The van der Waals surface area contributed by atoms with Gasteiger partial charge in [0.05, 0.1) is 0 Å². The summed E-state index contributed by atoms with van der Waals surface area (Å²) in [6, 6.07) is 0. The summed E-state index contributed by atoms with van der Waals surface area (Å²) < 4.78 is 16.8. The van der Waals surface area contributed by atoms with Crippen LogP contribution < -0.4 is 0 Å². The standard InChI is InChI=1S/C67H112O6/c1-4-7-10-13-16-19-22-25-27-29-31-33-35-37-39-42-45-48-51-54-57-60-66(69)72-63-64(62-71-65(68)59-56-53-50-47-44-41-24-21-18-15-12-9-6-3)73-67(70)61-58-55-52-49-46-43-40-38-36-34-32-30-28-26-23-20-17-14-11-8-5-2/h7,9-10,12,16,18-19,21,25,27,31,33,37,39,41,44,50,53,64H,4-6,8,11,13-15,17,20,22-24,26,28-30,32,34-36,38,40,42-43,45-49,51-52,54-63H2,1-3H3/b10-7-,12-9-,19-16-,21-18-,27-25-,33-31-,39-37-,44-41-,53-50-. The van der Waals surface area contributed by atoms with E-state index in [2.05, 4.69) is 124 Å². The maximum absolute atomic E-state index is 12.9. The minimum atomic E-state index is -0.816. The largest absolute Gasteiger partial charge is 0.462 e. The van der Waals surface area contributed by atoms with Gasteiger partial charge in [0.1, 0.15) is 13.2 Å². The van der Waals surface area contributed by atoms with Gasteiger partial charge in [-0.25, -0.2) is 0 Å². The van der Waals surface area contributed by atoms with Gasteiger partial charge in [-0.05, 0) is 89.9 Å². The fourth-order valence-electron chi connectivity index (χ4n) is 8.31. The van der Waals surface area contributed by atoms with E-state index in [1.807, 2.05) is 6.08 Å². The summed E-state index contributed by atoms with van der Waals surface area (Å²) >= 11 is 0. The third kappa shape index (κ3) is 58.8. The number of esters is 3. The first-order valence-electron chi connectivity index (χ1n) is 30.4. The minimum absolute atomic E-state index is 0.110. The molecule has 0 saturated heterocycles. The van der Waals surface area contributed by atoms with Gasteiger partial charge in [0.25, 0.3) is 0 Å². The number of rotatable bonds is 54. The Hall–Kier alpha value is -3.93. The van der Waals surface area contributed by atoms with Crippen molar-refractivity contribution < 1.29 is 28.6 Å². The first-order valence-corrected chi connectivity index (χ1v) is 30.4. The van der Waals surface area contributed by atoms with E-state index < -0.39 is 6.10 Å².